The molecule has 0 spiro atoms. The minimum atomic E-state index is 0.389. The molecule has 2 atom stereocenters. The van der Waals surface area contributed by atoms with Gasteiger partial charge in [0.2, 0.25) is 0 Å². The van der Waals surface area contributed by atoms with E-state index in [1.165, 1.54) is 25.7 Å². The van der Waals surface area contributed by atoms with Crippen molar-refractivity contribution in [3.8, 4) is 0 Å². The zero-order valence-corrected chi connectivity index (χ0v) is 10.1. The molecule has 0 radical (unpaired) electrons. The van der Waals surface area contributed by atoms with Crippen LogP contribution in [0.15, 0.2) is 0 Å². The molecule has 0 aromatic heterocycles. The number of ether oxygens (including phenoxy) is 1. The van der Waals surface area contributed by atoms with Crippen molar-refractivity contribution in [3.05, 3.63) is 0 Å². The van der Waals surface area contributed by atoms with Crippen LogP contribution in [-0.4, -0.2) is 25.8 Å². The van der Waals surface area contributed by atoms with E-state index in [1.807, 2.05) is 7.11 Å². The summed E-state index contributed by atoms with van der Waals surface area (Å²) in [6.45, 7) is 7.93. The Balaban J connectivity index is 2.24. The maximum atomic E-state index is 5.41. The van der Waals surface area contributed by atoms with E-state index in [4.69, 9.17) is 4.74 Å². The van der Waals surface area contributed by atoms with Gasteiger partial charge >= 0.3 is 0 Å². The first-order valence-corrected chi connectivity index (χ1v) is 5.77. The molecule has 0 aliphatic heterocycles. The molecule has 1 rings (SSSR count). The molecule has 2 unspecified atom stereocenters. The van der Waals surface area contributed by atoms with Crippen molar-refractivity contribution in [1.29, 1.82) is 0 Å². The number of hydrogen-bond acceptors (Lipinski definition) is 2. The number of rotatable bonds is 3. The second-order valence-corrected chi connectivity index (χ2v) is 5.66. The average molecular weight is 199 g/mol. The van der Waals surface area contributed by atoms with E-state index < -0.39 is 0 Å². The molecule has 0 amide bonds. The van der Waals surface area contributed by atoms with E-state index in [9.17, 15) is 0 Å². The second-order valence-electron chi connectivity index (χ2n) is 5.66. The van der Waals surface area contributed by atoms with Crippen molar-refractivity contribution < 1.29 is 4.74 Å². The van der Waals surface area contributed by atoms with Crippen molar-refractivity contribution in [2.75, 3.05) is 13.7 Å². The van der Waals surface area contributed by atoms with Crippen LogP contribution in [-0.2, 0) is 4.74 Å². The molecule has 2 heteroatoms. The molecule has 2 nitrogen and oxygen atoms in total. The number of nitrogens with one attached hydrogen (secondary N) is 1. The maximum Gasteiger partial charge on any atom is 0.0586 e. The predicted molar refractivity (Wildman–Crippen MR) is 60.5 cm³/mol. The third kappa shape index (κ3) is 4.43. The van der Waals surface area contributed by atoms with Gasteiger partial charge < -0.3 is 10.1 Å². The summed E-state index contributed by atoms with van der Waals surface area (Å²) >= 11 is 0. The van der Waals surface area contributed by atoms with Gasteiger partial charge in [-0.25, -0.2) is 0 Å². The van der Waals surface area contributed by atoms with E-state index in [2.05, 4.69) is 26.1 Å². The molecule has 1 saturated carbocycles. The molecular weight excluding hydrogens is 174 g/mol. The molecule has 14 heavy (non-hydrogen) atoms. The van der Waals surface area contributed by atoms with E-state index in [0.29, 0.717) is 17.6 Å². The van der Waals surface area contributed by atoms with E-state index >= 15 is 0 Å². The van der Waals surface area contributed by atoms with Gasteiger partial charge in [0.05, 0.1) is 6.10 Å². The summed E-state index contributed by atoms with van der Waals surface area (Å²) < 4.78 is 5.41. The Hall–Kier alpha value is -0.0800. The molecule has 0 aromatic carbocycles. The highest BCUT2D eigenvalue weighted by Gasteiger charge is 2.22. The van der Waals surface area contributed by atoms with Gasteiger partial charge in [-0.15, -0.1) is 0 Å². The molecule has 1 aliphatic carbocycles. The van der Waals surface area contributed by atoms with E-state index in [0.717, 1.165) is 6.54 Å². The van der Waals surface area contributed by atoms with Crippen molar-refractivity contribution in [1.82, 2.24) is 5.32 Å². The molecule has 84 valence electrons. The Morgan fingerprint density at radius 2 is 2.00 bits per heavy atom. The molecule has 0 heterocycles. The molecule has 1 aliphatic rings. The molecule has 0 bridgehead atoms. The van der Waals surface area contributed by atoms with Gasteiger partial charge in [-0.3, -0.25) is 0 Å². The highest BCUT2D eigenvalue weighted by Crippen LogP contribution is 2.21. The smallest absolute Gasteiger partial charge is 0.0586 e. The molecule has 1 fully saturated rings. The van der Waals surface area contributed by atoms with Crippen LogP contribution in [0.25, 0.3) is 0 Å². The third-order valence-corrected chi connectivity index (χ3v) is 2.88. The zero-order chi connectivity index (χ0) is 10.6. The first-order chi connectivity index (χ1) is 6.51. The Morgan fingerprint density at radius 1 is 1.29 bits per heavy atom. The summed E-state index contributed by atoms with van der Waals surface area (Å²) in [5.41, 5.74) is 0.389. The van der Waals surface area contributed by atoms with Gasteiger partial charge in [0.1, 0.15) is 0 Å². The summed E-state index contributed by atoms with van der Waals surface area (Å²) in [6, 6.07) is 0.674. The monoisotopic (exact) mass is 199 g/mol. The van der Waals surface area contributed by atoms with Crippen molar-refractivity contribution in [2.24, 2.45) is 5.41 Å². The van der Waals surface area contributed by atoms with Crippen LogP contribution in [0.5, 0.6) is 0 Å². The standard InChI is InChI=1S/C12H25NO/c1-12(2,3)9-13-10-6-5-7-11(8-10)14-4/h10-11,13H,5-9H2,1-4H3. The minimum absolute atomic E-state index is 0.389. The van der Waals surface area contributed by atoms with Crippen LogP contribution < -0.4 is 5.32 Å². The summed E-state index contributed by atoms with van der Waals surface area (Å²) in [7, 11) is 1.83. The van der Waals surface area contributed by atoms with Gasteiger partial charge in [-0.05, 0) is 31.1 Å². The molecular formula is C12H25NO. The van der Waals surface area contributed by atoms with Gasteiger partial charge in [-0.1, -0.05) is 20.8 Å². The fraction of sp³-hybridized carbons (Fsp3) is 1.00. The number of methoxy groups -OCH3 is 1. The SMILES string of the molecule is COC1CCCC(NCC(C)(C)C)C1. The summed E-state index contributed by atoms with van der Waals surface area (Å²) in [6.07, 6.45) is 5.54. The Kier molecular flexibility index (Phi) is 4.39. The summed E-state index contributed by atoms with van der Waals surface area (Å²) in [4.78, 5) is 0. The lowest BCUT2D eigenvalue weighted by molar-refractivity contribution is 0.0574. The van der Waals surface area contributed by atoms with Gasteiger partial charge in [0.25, 0.3) is 0 Å². The zero-order valence-electron chi connectivity index (χ0n) is 10.1. The fourth-order valence-corrected chi connectivity index (χ4v) is 1.99. The lowest BCUT2D eigenvalue weighted by Crippen LogP contribution is -2.40. The van der Waals surface area contributed by atoms with Crippen LogP contribution in [0.2, 0.25) is 0 Å². The predicted octanol–water partition coefficient (Wildman–Crippen LogP) is 2.58. The highest BCUT2D eigenvalue weighted by molar-refractivity contribution is 4.80. The maximum absolute atomic E-state index is 5.41. The van der Waals surface area contributed by atoms with Crippen LogP contribution in [0.3, 0.4) is 0 Å². The van der Waals surface area contributed by atoms with Crippen LogP contribution in [0, 0.1) is 5.41 Å². The first-order valence-electron chi connectivity index (χ1n) is 5.77. The topological polar surface area (TPSA) is 21.3 Å². The fourth-order valence-electron chi connectivity index (χ4n) is 1.99. The molecule has 1 N–H and O–H groups in total. The van der Waals surface area contributed by atoms with Gasteiger partial charge in [-0.2, -0.15) is 0 Å². The minimum Gasteiger partial charge on any atom is -0.381 e. The van der Waals surface area contributed by atoms with Crippen LogP contribution in [0.4, 0.5) is 0 Å². The summed E-state index contributed by atoms with van der Waals surface area (Å²) in [5, 5.41) is 3.65. The highest BCUT2D eigenvalue weighted by atomic mass is 16.5. The van der Waals surface area contributed by atoms with Crippen LogP contribution in [0.1, 0.15) is 46.5 Å². The summed E-state index contributed by atoms with van der Waals surface area (Å²) in [5.74, 6) is 0. The molecule has 0 saturated heterocycles. The lowest BCUT2D eigenvalue weighted by atomic mass is 9.91. The van der Waals surface area contributed by atoms with Crippen LogP contribution >= 0.6 is 0 Å². The Labute approximate surface area is 88.4 Å². The quantitative estimate of drug-likeness (QED) is 0.754. The van der Waals surface area contributed by atoms with Crippen molar-refractivity contribution in [2.45, 2.75) is 58.6 Å². The Morgan fingerprint density at radius 3 is 2.57 bits per heavy atom. The number of hydrogen-bond donors (Lipinski definition) is 1. The van der Waals surface area contributed by atoms with E-state index in [-0.39, 0.29) is 0 Å². The first kappa shape index (κ1) is 12.0. The largest absolute Gasteiger partial charge is 0.381 e. The Bertz CT molecular complexity index is 162. The van der Waals surface area contributed by atoms with Crippen molar-refractivity contribution >= 4 is 0 Å². The van der Waals surface area contributed by atoms with Crippen molar-refractivity contribution in [3.63, 3.8) is 0 Å². The molecule has 0 aromatic rings. The second kappa shape index (κ2) is 5.13. The van der Waals surface area contributed by atoms with Gasteiger partial charge in [0, 0.05) is 19.7 Å². The average Bonchev–Trinajstić information content (AvgIpc) is 2.14. The third-order valence-electron chi connectivity index (χ3n) is 2.88. The van der Waals surface area contributed by atoms with Gasteiger partial charge in [0.15, 0.2) is 0 Å². The van der Waals surface area contributed by atoms with E-state index in [1.54, 1.807) is 0 Å². The lowest BCUT2D eigenvalue weighted by Gasteiger charge is -2.31. The normalized spacial score (nSPS) is 29.1.